The van der Waals surface area contributed by atoms with Crippen LogP contribution in [0.2, 0.25) is 0 Å². The van der Waals surface area contributed by atoms with Crippen molar-refractivity contribution < 1.29 is 13.6 Å². The second-order valence-electron chi connectivity index (χ2n) is 5.62. The number of ketones is 1. The van der Waals surface area contributed by atoms with Gasteiger partial charge in [-0.25, -0.2) is 4.39 Å². The first-order chi connectivity index (χ1) is 10.5. The number of nitrogens with zero attached hydrogens (tertiary/aromatic N) is 2. The van der Waals surface area contributed by atoms with Crippen molar-refractivity contribution in [2.75, 3.05) is 38.1 Å². The maximum atomic E-state index is 13.9. The lowest BCUT2D eigenvalue weighted by atomic mass is 10.1. The van der Waals surface area contributed by atoms with E-state index in [0.717, 1.165) is 25.2 Å². The molecule has 0 amide bonds. The molecule has 0 aliphatic carbocycles. The number of fused-ring (bicyclic) bond motifs is 1. The maximum Gasteiger partial charge on any atom is 0.195 e. The van der Waals surface area contributed by atoms with Crippen molar-refractivity contribution in [3.05, 3.63) is 40.0 Å². The van der Waals surface area contributed by atoms with E-state index in [9.17, 15) is 14.0 Å². The van der Waals surface area contributed by atoms with Gasteiger partial charge in [-0.1, -0.05) is 0 Å². The van der Waals surface area contributed by atoms with Gasteiger partial charge in [0.25, 0.3) is 0 Å². The number of anilines is 1. The molecule has 2 aromatic rings. The standard InChI is InChI=1S/C16H17FN2O3/c1-10(20)15-9-14(21)12-7-11(17)8-13(16(12)22-15)19-5-3-18(2)4-6-19/h7-9H,3-6H2,1-2H3. The van der Waals surface area contributed by atoms with Gasteiger partial charge in [-0.2, -0.15) is 0 Å². The van der Waals surface area contributed by atoms with Crippen molar-refractivity contribution in [3.8, 4) is 0 Å². The fraction of sp³-hybridized carbons (Fsp3) is 0.375. The van der Waals surface area contributed by atoms with Gasteiger partial charge in [-0.05, 0) is 13.1 Å². The van der Waals surface area contributed by atoms with Gasteiger partial charge < -0.3 is 14.2 Å². The van der Waals surface area contributed by atoms with Crippen LogP contribution in [0.3, 0.4) is 0 Å². The molecule has 0 unspecified atom stereocenters. The Balaban J connectivity index is 2.20. The normalized spacial score (nSPS) is 16.2. The Labute approximate surface area is 126 Å². The molecule has 22 heavy (non-hydrogen) atoms. The van der Waals surface area contributed by atoms with E-state index >= 15 is 0 Å². The van der Waals surface area contributed by atoms with Crippen LogP contribution in [0.1, 0.15) is 17.5 Å². The van der Waals surface area contributed by atoms with Gasteiger partial charge in [0, 0.05) is 45.2 Å². The van der Waals surface area contributed by atoms with Gasteiger partial charge in [0.1, 0.15) is 5.82 Å². The molecule has 1 aliphatic heterocycles. The molecule has 116 valence electrons. The van der Waals surface area contributed by atoms with Crippen molar-refractivity contribution in [1.29, 1.82) is 0 Å². The Hall–Kier alpha value is -2.21. The molecule has 1 saturated heterocycles. The highest BCUT2D eigenvalue weighted by atomic mass is 19.1. The molecule has 0 radical (unpaired) electrons. The first kappa shape index (κ1) is 14.7. The molecule has 0 spiro atoms. The van der Waals surface area contributed by atoms with Crippen LogP contribution < -0.4 is 10.3 Å². The monoisotopic (exact) mass is 304 g/mol. The lowest BCUT2D eigenvalue weighted by Crippen LogP contribution is -2.44. The number of likely N-dealkylation sites (N-methyl/N-ethyl adjacent to an activating group) is 1. The highest BCUT2D eigenvalue weighted by molar-refractivity contribution is 5.95. The van der Waals surface area contributed by atoms with Crippen molar-refractivity contribution in [3.63, 3.8) is 0 Å². The summed E-state index contributed by atoms with van der Waals surface area (Å²) in [5.41, 5.74) is 0.410. The fourth-order valence-corrected chi connectivity index (χ4v) is 2.66. The third-order valence-corrected chi connectivity index (χ3v) is 3.96. The topological polar surface area (TPSA) is 53.8 Å². The van der Waals surface area contributed by atoms with Gasteiger partial charge in [0.2, 0.25) is 0 Å². The molecule has 1 fully saturated rings. The van der Waals surface area contributed by atoms with E-state index < -0.39 is 11.2 Å². The predicted molar refractivity (Wildman–Crippen MR) is 82.2 cm³/mol. The van der Waals surface area contributed by atoms with E-state index in [0.29, 0.717) is 18.8 Å². The first-order valence-electron chi connectivity index (χ1n) is 7.17. The Morgan fingerprint density at radius 3 is 2.50 bits per heavy atom. The summed E-state index contributed by atoms with van der Waals surface area (Å²) in [4.78, 5) is 27.8. The van der Waals surface area contributed by atoms with Crippen LogP contribution in [0, 0.1) is 5.82 Å². The number of benzene rings is 1. The summed E-state index contributed by atoms with van der Waals surface area (Å²) in [6.07, 6.45) is 0. The summed E-state index contributed by atoms with van der Waals surface area (Å²) in [6, 6.07) is 3.64. The highest BCUT2D eigenvalue weighted by Gasteiger charge is 2.20. The summed E-state index contributed by atoms with van der Waals surface area (Å²) in [7, 11) is 2.02. The van der Waals surface area contributed by atoms with Crippen molar-refractivity contribution in [2.24, 2.45) is 0 Å². The molecular formula is C16H17FN2O3. The average molecular weight is 304 g/mol. The molecule has 5 nitrogen and oxygen atoms in total. The summed E-state index contributed by atoms with van der Waals surface area (Å²) >= 11 is 0. The zero-order chi connectivity index (χ0) is 15.9. The number of carbonyl (C=O) groups excluding carboxylic acids is 1. The predicted octanol–water partition coefficient (Wildman–Crippen LogP) is 1.89. The van der Waals surface area contributed by atoms with Crippen LogP contribution in [0.25, 0.3) is 11.0 Å². The van der Waals surface area contributed by atoms with E-state index in [-0.39, 0.29) is 22.5 Å². The van der Waals surface area contributed by atoms with Crippen molar-refractivity contribution in [1.82, 2.24) is 4.90 Å². The van der Waals surface area contributed by atoms with E-state index in [1.165, 1.54) is 13.0 Å². The molecule has 2 heterocycles. The molecule has 0 atom stereocenters. The average Bonchev–Trinajstić information content (AvgIpc) is 2.48. The Morgan fingerprint density at radius 2 is 1.86 bits per heavy atom. The summed E-state index contributed by atoms with van der Waals surface area (Å²) in [6.45, 7) is 4.44. The van der Waals surface area contributed by atoms with E-state index in [1.807, 2.05) is 11.9 Å². The van der Waals surface area contributed by atoms with Crippen LogP contribution >= 0.6 is 0 Å². The molecule has 0 N–H and O–H groups in total. The summed E-state index contributed by atoms with van der Waals surface area (Å²) < 4.78 is 19.5. The number of halogens is 1. The molecule has 1 aromatic heterocycles. The van der Waals surface area contributed by atoms with E-state index in [2.05, 4.69) is 4.90 Å². The zero-order valence-electron chi connectivity index (χ0n) is 12.6. The number of hydrogen-bond acceptors (Lipinski definition) is 5. The highest BCUT2D eigenvalue weighted by Crippen LogP contribution is 2.28. The van der Waals surface area contributed by atoms with Crippen molar-refractivity contribution >= 4 is 22.4 Å². The first-order valence-corrected chi connectivity index (χ1v) is 7.17. The molecular weight excluding hydrogens is 287 g/mol. The molecule has 1 aliphatic rings. The molecule has 3 rings (SSSR count). The SMILES string of the molecule is CC(=O)c1cc(=O)c2cc(F)cc(N3CCN(C)CC3)c2o1. The van der Waals surface area contributed by atoms with Gasteiger partial charge in [-0.15, -0.1) is 0 Å². The summed E-state index contributed by atoms with van der Waals surface area (Å²) in [5, 5.41) is 0.166. The van der Waals surface area contributed by atoms with Gasteiger partial charge in [0.15, 0.2) is 22.6 Å². The fourth-order valence-electron chi connectivity index (χ4n) is 2.66. The quantitative estimate of drug-likeness (QED) is 0.793. The van der Waals surface area contributed by atoms with Crippen LogP contribution in [0.5, 0.6) is 0 Å². The number of carbonyl (C=O) groups is 1. The Morgan fingerprint density at radius 1 is 1.18 bits per heavy atom. The lowest BCUT2D eigenvalue weighted by molar-refractivity contribution is 0.0988. The Bertz CT molecular complexity index is 792. The largest absolute Gasteiger partial charge is 0.451 e. The van der Waals surface area contributed by atoms with Crippen LogP contribution in [0.4, 0.5) is 10.1 Å². The van der Waals surface area contributed by atoms with Crippen LogP contribution in [0.15, 0.2) is 27.4 Å². The van der Waals surface area contributed by atoms with E-state index in [1.54, 1.807) is 0 Å². The minimum Gasteiger partial charge on any atom is -0.451 e. The smallest absolute Gasteiger partial charge is 0.195 e. The summed E-state index contributed by atoms with van der Waals surface area (Å²) in [5.74, 6) is -0.809. The number of piperazine rings is 1. The minimum absolute atomic E-state index is 0.000476. The van der Waals surface area contributed by atoms with Crippen LogP contribution in [-0.4, -0.2) is 43.9 Å². The molecule has 0 saturated carbocycles. The molecule has 6 heteroatoms. The second kappa shape index (κ2) is 5.53. The minimum atomic E-state index is -0.482. The number of hydrogen-bond donors (Lipinski definition) is 0. The zero-order valence-corrected chi connectivity index (χ0v) is 12.6. The number of rotatable bonds is 2. The van der Waals surface area contributed by atoms with E-state index in [4.69, 9.17) is 4.42 Å². The van der Waals surface area contributed by atoms with Crippen molar-refractivity contribution in [2.45, 2.75) is 6.92 Å². The second-order valence-corrected chi connectivity index (χ2v) is 5.62. The Kier molecular flexibility index (Phi) is 3.70. The van der Waals surface area contributed by atoms with Gasteiger partial charge in [0.05, 0.1) is 11.1 Å². The third kappa shape index (κ3) is 2.62. The lowest BCUT2D eigenvalue weighted by Gasteiger charge is -2.34. The van der Waals surface area contributed by atoms with Crippen LogP contribution in [-0.2, 0) is 0 Å². The number of Topliss-reactive ketones (excluding diaryl/α,β-unsaturated/α-hetero) is 1. The molecule has 1 aromatic carbocycles. The van der Waals surface area contributed by atoms with Gasteiger partial charge in [-0.3, -0.25) is 9.59 Å². The maximum absolute atomic E-state index is 13.9. The molecule has 0 bridgehead atoms. The van der Waals surface area contributed by atoms with Gasteiger partial charge >= 0.3 is 0 Å². The third-order valence-electron chi connectivity index (χ3n) is 3.96.